The lowest BCUT2D eigenvalue weighted by Crippen LogP contribution is -2.61. The monoisotopic (exact) mass is 954 g/mol. The van der Waals surface area contributed by atoms with E-state index in [-0.39, 0.29) is 23.0 Å². The maximum atomic E-state index is 2.61. The van der Waals surface area contributed by atoms with E-state index in [1.54, 1.807) is 0 Å². The summed E-state index contributed by atoms with van der Waals surface area (Å²) in [5.74, 6) is 0. The summed E-state index contributed by atoms with van der Waals surface area (Å²) in [5.41, 5.74) is 21.8. The van der Waals surface area contributed by atoms with Crippen molar-refractivity contribution < 1.29 is 0 Å². The van der Waals surface area contributed by atoms with Gasteiger partial charge in [-0.05, 0) is 151 Å². The van der Waals surface area contributed by atoms with Crippen LogP contribution in [0, 0.1) is 0 Å². The molecule has 71 heavy (non-hydrogen) atoms. The van der Waals surface area contributed by atoms with E-state index in [2.05, 4.69) is 242 Å². The van der Waals surface area contributed by atoms with Crippen LogP contribution in [0.3, 0.4) is 0 Å². The van der Waals surface area contributed by atoms with Crippen LogP contribution < -0.4 is 26.2 Å². The average molecular weight is 955 g/mol. The minimum atomic E-state index is -0.119. The van der Waals surface area contributed by atoms with Gasteiger partial charge in [-0.25, -0.2) is 0 Å². The first-order chi connectivity index (χ1) is 34.1. The zero-order chi connectivity index (χ0) is 48.7. The molecule has 10 aromatic rings. The van der Waals surface area contributed by atoms with Crippen molar-refractivity contribution in [2.45, 2.75) is 91.4 Å². The van der Waals surface area contributed by atoms with E-state index in [1.807, 2.05) is 22.7 Å². The molecule has 2 aliphatic heterocycles. The Bertz CT molecular complexity index is 3830. The van der Waals surface area contributed by atoms with Gasteiger partial charge in [0.2, 0.25) is 0 Å². The summed E-state index contributed by atoms with van der Waals surface area (Å²) in [6, 6.07) is 63.4. The Morgan fingerprint density at radius 1 is 0.451 bits per heavy atom. The number of rotatable bonds is 4. The van der Waals surface area contributed by atoms with Gasteiger partial charge in [0.15, 0.2) is 0 Å². The Kier molecular flexibility index (Phi) is 9.94. The molecule has 0 amide bonds. The van der Waals surface area contributed by atoms with Gasteiger partial charge >= 0.3 is 0 Å². The molecule has 2 aromatic heterocycles. The molecule has 13 rings (SSSR count). The summed E-state index contributed by atoms with van der Waals surface area (Å²) in [5, 5.41) is 4.05. The predicted octanol–water partition coefficient (Wildman–Crippen LogP) is 17.3. The van der Waals surface area contributed by atoms with E-state index >= 15 is 0 Å². The zero-order valence-electron chi connectivity index (χ0n) is 42.4. The van der Waals surface area contributed by atoms with Crippen LogP contribution in [0.1, 0.15) is 101 Å². The van der Waals surface area contributed by atoms with Gasteiger partial charge in [-0.1, -0.05) is 165 Å². The van der Waals surface area contributed by atoms with E-state index in [9.17, 15) is 0 Å². The van der Waals surface area contributed by atoms with Crippen molar-refractivity contribution in [3.05, 3.63) is 203 Å². The molecule has 5 heteroatoms. The first kappa shape index (κ1) is 44.3. The lowest BCUT2D eigenvalue weighted by molar-refractivity contribution is 0.589. The summed E-state index contributed by atoms with van der Waals surface area (Å²) in [4.78, 5) is 6.71. The number of aryl methyl sites for hydroxylation is 1. The first-order valence-corrected chi connectivity index (χ1v) is 27.1. The Morgan fingerprint density at radius 3 is 1.69 bits per heavy atom. The smallest absolute Gasteiger partial charge is 0.252 e. The van der Waals surface area contributed by atoms with Crippen LogP contribution in [0.25, 0.3) is 47.0 Å². The molecule has 8 aromatic carbocycles. The second-order valence-corrected chi connectivity index (χ2v) is 25.5. The van der Waals surface area contributed by atoms with Gasteiger partial charge in [-0.2, -0.15) is 0 Å². The van der Waals surface area contributed by atoms with Gasteiger partial charge < -0.3 is 9.80 Å². The van der Waals surface area contributed by atoms with E-state index in [0.717, 1.165) is 12.8 Å². The summed E-state index contributed by atoms with van der Waals surface area (Å²) in [7, 11) is 0. The summed E-state index contributed by atoms with van der Waals surface area (Å²) in [6.07, 6.45) is 4.65. The third kappa shape index (κ3) is 7.09. The quantitative estimate of drug-likeness (QED) is 0.162. The molecule has 0 bridgehead atoms. The summed E-state index contributed by atoms with van der Waals surface area (Å²) in [6.45, 7) is 21.2. The van der Waals surface area contributed by atoms with Crippen molar-refractivity contribution in [1.29, 1.82) is 0 Å². The largest absolute Gasteiger partial charge is 0.311 e. The molecule has 2 nitrogen and oxygen atoms in total. The molecule has 0 N–H and O–H groups in total. The number of fused-ring (bicyclic) bond motifs is 10. The molecule has 0 saturated heterocycles. The van der Waals surface area contributed by atoms with Gasteiger partial charge in [0, 0.05) is 74.8 Å². The molecule has 0 spiro atoms. The van der Waals surface area contributed by atoms with Crippen molar-refractivity contribution in [2.75, 3.05) is 9.80 Å². The number of hydrogen-bond donors (Lipinski definition) is 0. The highest BCUT2D eigenvalue weighted by molar-refractivity contribution is 7.26. The van der Waals surface area contributed by atoms with Gasteiger partial charge in [-0.15, -0.1) is 22.7 Å². The van der Waals surface area contributed by atoms with Crippen molar-refractivity contribution >= 4 is 116 Å². The highest BCUT2D eigenvalue weighted by Gasteiger charge is 2.45. The van der Waals surface area contributed by atoms with Crippen LogP contribution in [0.4, 0.5) is 34.1 Å². The fourth-order valence-corrected chi connectivity index (χ4v) is 14.2. The maximum absolute atomic E-state index is 2.61. The number of allylic oxidation sites excluding steroid dienone is 1. The molecular weight excluding hydrogens is 896 g/mol. The Hall–Kier alpha value is -6.66. The predicted molar refractivity (Wildman–Crippen MR) is 312 cm³/mol. The van der Waals surface area contributed by atoms with Gasteiger partial charge in [-0.3, -0.25) is 0 Å². The SMILES string of the molecule is CC(C)(C)c1ccc2c(c1)B1c3ccc(C(C)(C)C)cc3N(c3ccc(-c4cccc5sc6ccccc6c45)cc3)c3cc(C(C)(C)C)cc(c31)N2c1ccc(C2=CCCc3sc4ccccc4c32)cc1. The van der Waals surface area contributed by atoms with Crippen LogP contribution in [-0.4, -0.2) is 6.71 Å². The second kappa shape index (κ2) is 15.9. The number of nitrogens with zero attached hydrogens (tertiary/aromatic N) is 2. The molecule has 0 unspecified atom stereocenters. The Balaban J connectivity index is 1.03. The topological polar surface area (TPSA) is 6.48 Å². The van der Waals surface area contributed by atoms with Crippen LogP contribution in [0.2, 0.25) is 0 Å². The van der Waals surface area contributed by atoms with Crippen molar-refractivity contribution in [1.82, 2.24) is 0 Å². The van der Waals surface area contributed by atoms with E-state index in [4.69, 9.17) is 0 Å². The second-order valence-electron chi connectivity index (χ2n) is 23.3. The molecule has 348 valence electrons. The number of thiophene rings is 2. The summed E-state index contributed by atoms with van der Waals surface area (Å²) < 4.78 is 4.04. The number of hydrogen-bond acceptors (Lipinski definition) is 4. The number of benzene rings is 8. The minimum absolute atomic E-state index is 0.0277. The fourth-order valence-electron chi connectivity index (χ4n) is 11.8. The Labute approximate surface area is 428 Å². The van der Waals surface area contributed by atoms with Crippen LogP contribution in [0.5, 0.6) is 0 Å². The van der Waals surface area contributed by atoms with Crippen LogP contribution >= 0.6 is 22.7 Å². The lowest BCUT2D eigenvalue weighted by Gasteiger charge is -2.45. The van der Waals surface area contributed by atoms with Gasteiger partial charge in [0.05, 0.1) is 0 Å². The molecule has 4 heterocycles. The summed E-state index contributed by atoms with van der Waals surface area (Å²) >= 11 is 3.85. The third-order valence-corrected chi connectivity index (χ3v) is 18.0. The average Bonchev–Trinajstić information content (AvgIpc) is 3.94. The van der Waals surface area contributed by atoms with Gasteiger partial charge in [0.1, 0.15) is 0 Å². The van der Waals surface area contributed by atoms with E-state index in [0.29, 0.717) is 0 Å². The standard InChI is InChI=1S/C66H59BN2S2/c1-64(2,3)42-29-35-53-52(36-42)67-51-34-28-43(65(4,5)6)37-54(51)69(46-32-26-41(27-33-46)48-19-15-23-60-62(48)50-17-11-13-21-58(50)71-60)56-39-44(66(7,8)9)38-55(63(56)67)68(53)45-30-24-40(25-31-45)47-18-14-22-59-61(47)49-16-10-12-20-57(49)70-59/h10-13,15-21,23-39H,14,22H2,1-9H3. The van der Waals surface area contributed by atoms with E-state index < -0.39 is 0 Å². The lowest BCUT2D eigenvalue weighted by atomic mass is 9.33. The maximum Gasteiger partial charge on any atom is 0.252 e. The highest BCUT2D eigenvalue weighted by atomic mass is 32.1. The number of anilines is 6. The zero-order valence-corrected chi connectivity index (χ0v) is 44.0. The van der Waals surface area contributed by atoms with Crippen molar-refractivity contribution in [3.8, 4) is 11.1 Å². The molecule has 0 radical (unpaired) electrons. The molecule has 0 atom stereocenters. The normalized spacial score (nSPS) is 14.4. The molecule has 0 fully saturated rings. The molecule has 1 aliphatic carbocycles. The van der Waals surface area contributed by atoms with Crippen molar-refractivity contribution in [3.63, 3.8) is 0 Å². The molecular formula is C66H59BN2S2. The third-order valence-electron chi connectivity index (χ3n) is 15.6. The van der Waals surface area contributed by atoms with Gasteiger partial charge in [0.25, 0.3) is 6.71 Å². The van der Waals surface area contributed by atoms with Crippen LogP contribution in [0.15, 0.2) is 170 Å². The van der Waals surface area contributed by atoms with E-state index in [1.165, 1.54) is 130 Å². The first-order valence-electron chi connectivity index (χ1n) is 25.5. The Morgan fingerprint density at radius 2 is 1.01 bits per heavy atom. The molecule has 0 saturated carbocycles. The fraction of sp³-hybridized carbons (Fsp3) is 0.212. The minimum Gasteiger partial charge on any atom is -0.311 e. The highest BCUT2D eigenvalue weighted by Crippen LogP contribution is 2.49. The molecule has 3 aliphatic rings. The van der Waals surface area contributed by atoms with Crippen molar-refractivity contribution in [2.24, 2.45) is 0 Å². The van der Waals surface area contributed by atoms with Crippen LogP contribution in [-0.2, 0) is 22.7 Å².